The van der Waals surface area contributed by atoms with E-state index in [2.05, 4.69) is 182 Å². The molecule has 8 aromatic carbocycles. The van der Waals surface area contributed by atoms with Gasteiger partial charge in [0.05, 0.1) is 11.0 Å². The number of aromatic nitrogens is 1. The summed E-state index contributed by atoms with van der Waals surface area (Å²) in [6.07, 6.45) is 0. The zero-order valence-electron chi connectivity index (χ0n) is 31.0. The molecule has 0 N–H and O–H groups in total. The number of furan rings is 1. The normalized spacial score (nSPS) is 13.3. The second kappa shape index (κ2) is 11.7. The zero-order chi connectivity index (χ0) is 37.1. The van der Waals surface area contributed by atoms with Crippen LogP contribution in [0.3, 0.4) is 0 Å². The highest BCUT2D eigenvalue weighted by Gasteiger charge is 2.38. The minimum Gasteiger partial charge on any atom is -0.456 e. The molecule has 11 aromatic rings. The van der Waals surface area contributed by atoms with Crippen LogP contribution >= 0.6 is 11.3 Å². The second-order valence-corrected chi connectivity index (χ2v) is 16.8. The number of fused-ring (bicyclic) bond motifs is 11. The third-order valence-corrected chi connectivity index (χ3v) is 13.3. The molecular weight excluding hydrogens is 699 g/mol. The highest BCUT2D eigenvalue weighted by molar-refractivity contribution is 7.25. The summed E-state index contributed by atoms with van der Waals surface area (Å²) in [5, 5.41) is 6.30. The first-order chi connectivity index (χ1) is 27.5. The molecule has 0 unspecified atom stereocenters. The number of hydrogen-bond donors (Lipinski definition) is 0. The average molecular weight is 734 g/mol. The Balaban J connectivity index is 1.05. The van der Waals surface area contributed by atoms with Crippen molar-refractivity contribution in [2.45, 2.75) is 19.3 Å². The smallest absolute Gasteiger partial charge is 0.135 e. The standard InChI is InChI=1S/C53H35NOS/c1-53(2)44-31-38(22-23-39(44)40-24-27-50-51(52(40)53)41-13-7-9-15-49(41)56-50)54-45-25-20-35(34-18-16-33(17-19-34)32-10-4-3-5-11-32)28-42(45)43-29-37(21-26-46(43)54)48-30-36-12-6-8-14-47(36)55-48/h3-31H,1-2H3. The fourth-order valence-electron chi connectivity index (χ4n) is 9.49. The molecule has 1 aliphatic carbocycles. The Kier molecular flexibility index (Phi) is 6.59. The highest BCUT2D eigenvalue weighted by Crippen LogP contribution is 2.54. The van der Waals surface area contributed by atoms with E-state index in [0.717, 1.165) is 22.3 Å². The Bertz CT molecular complexity index is 3340. The van der Waals surface area contributed by atoms with E-state index < -0.39 is 0 Å². The van der Waals surface area contributed by atoms with Crippen molar-refractivity contribution in [3.05, 3.63) is 187 Å². The third kappa shape index (κ3) is 4.55. The van der Waals surface area contributed by atoms with Gasteiger partial charge < -0.3 is 8.98 Å². The van der Waals surface area contributed by atoms with Crippen LogP contribution in [0.2, 0.25) is 0 Å². The molecule has 3 aromatic heterocycles. The molecule has 0 amide bonds. The summed E-state index contributed by atoms with van der Waals surface area (Å²) in [6, 6.07) is 64.4. The molecule has 0 aliphatic heterocycles. The number of hydrogen-bond acceptors (Lipinski definition) is 2. The van der Waals surface area contributed by atoms with Crippen LogP contribution in [0.4, 0.5) is 0 Å². The minimum absolute atomic E-state index is 0.170. The van der Waals surface area contributed by atoms with Crippen LogP contribution in [-0.4, -0.2) is 4.57 Å². The monoisotopic (exact) mass is 733 g/mol. The van der Waals surface area contributed by atoms with Crippen LogP contribution in [0, 0.1) is 0 Å². The van der Waals surface area contributed by atoms with Gasteiger partial charge in [-0.2, -0.15) is 0 Å². The van der Waals surface area contributed by atoms with Crippen molar-refractivity contribution in [3.63, 3.8) is 0 Å². The molecule has 0 radical (unpaired) electrons. The van der Waals surface area contributed by atoms with Gasteiger partial charge >= 0.3 is 0 Å². The van der Waals surface area contributed by atoms with Crippen molar-refractivity contribution in [2.24, 2.45) is 0 Å². The molecule has 0 saturated carbocycles. The lowest BCUT2D eigenvalue weighted by molar-refractivity contribution is 0.631. The Morgan fingerprint density at radius 2 is 1.12 bits per heavy atom. The van der Waals surface area contributed by atoms with E-state index in [-0.39, 0.29) is 5.41 Å². The summed E-state index contributed by atoms with van der Waals surface area (Å²) in [5.74, 6) is 0.881. The van der Waals surface area contributed by atoms with Crippen LogP contribution < -0.4 is 0 Å². The lowest BCUT2D eigenvalue weighted by Gasteiger charge is -2.23. The predicted octanol–water partition coefficient (Wildman–Crippen LogP) is 15.2. The largest absolute Gasteiger partial charge is 0.456 e. The SMILES string of the molecule is CC1(C)c2cc(-n3c4ccc(-c5ccc(-c6ccccc6)cc5)cc4c4cc(-c5cc6ccccc6o5)ccc43)ccc2-c2ccc3sc4ccccc4c3c21. The number of para-hydroxylation sites is 1. The third-order valence-electron chi connectivity index (χ3n) is 12.2. The van der Waals surface area contributed by atoms with Gasteiger partial charge in [0.2, 0.25) is 0 Å². The molecular formula is C53H35NOS. The number of benzene rings is 8. The first-order valence-corrected chi connectivity index (χ1v) is 20.1. The van der Waals surface area contributed by atoms with E-state index in [0.29, 0.717) is 0 Å². The Hall–Kier alpha value is -6.68. The van der Waals surface area contributed by atoms with Crippen LogP contribution in [0.25, 0.3) is 103 Å². The molecule has 0 saturated heterocycles. The van der Waals surface area contributed by atoms with Gasteiger partial charge in [-0.25, -0.2) is 0 Å². The summed E-state index contributed by atoms with van der Waals surface area (Å²) < 4.78 is 11.6. The van der Waals surface area contributed by atoms with Crippen LogP contribution in [0.5, 0.6) is 0 Å². The Morgan fingerprint density at radius 1 is 0.482 bits per heavy atom. The summed E-state index contributed by atoms with van der Waals surface area (Å²) in [5.41, 5.74) is 15.7. The van der Waals surface area contributed by atoms with Gasteiger partial charge in [0.15, 0.2) is 0 Å². The zero-order valence-corrected chi connectivity index (χ0v) is 31.8. The van der Waals surface area contributed by atoms with E-state index in [1.54, 1.807) is 0 Å². The fraction of sp³-hybridized carbons (Fsp3) is 0.0566. The quantitative estimate of drug-likeness (QED) is 0.176. The molecule has 0 atom stereocenters. The number of nitrogens with zero attached hydrogens (tertiary/aromatic N) is 1. The van der Waals surface area contributed by atoms with Gasteiger partial charge in [-0.15, -0.1) is 11.3 Å². The van der Waals surface area contributed by atoms with Crippen molar-refractivity contribution in [1.82, 2.24) is 4.57 Å². The van der Waals surface area contributed by atoms with Gasteiger partial charge in [0.25, 0.3) is 0 Å². The lowest BCUT2D eigenvalue weighted by Crippen LogP contribution is -2.15. The molecule has 12 rings (SSSR count). The van der Waals surface area contributed by atoms with Gasteiger partial charge in [-0.1, -0.05) is 123 Å². The number of thiophene rings is 1. The topological polar surface area (TPSA) is 18.1 Å². The Morgan fingerprint density at radius 3 is 1.93 bits per heavy atom. The maximum atomic E-state index is 6.40. The van der Waals surface area contributed by atoms with Crippen molar-refractivity contribution in [1.29, 1.82) is 0 Å². The first kappa shape index (κ1) is 31.6. The molecule has 1 aliphatic rings. The molecule has 3 heterocycles. The highest BCUT2D eigenvalue weighted by atomic mass is 32.1. The average Bonchev–Trinajstić information content (AvgIpc) is 3.99. The van der Waals surface area contributed by atoms with Crippen molar-refractivity contribution in [2.75, 3.05) is 0 Å². The predicted molar refractivity (Wildman–Crippen MR) is 237 cm³/mol. The minimum atomic E-state index is -0.170. The van der Waals surface area contributed by atoms with E-state index in [9.17, 15) is 0 Å². The summed E-state index contributed by atoms with van der Waals surface area (Å²) in [6.45, 7) is 4.82. The molecule has 264 valence electrons. The van der Waals surface area contributed by atoms with E-state index in [4.69, 9.17) is 4.42 Å². The van der Waals surface area contributed by atoms with Crippen LogP contribution in [-0.2, 0) is 5.41 Å². The van der Waals surface area contributed by atoms with Gasteiger partial charge in [0, 0.05) is 53.0 Å². The van der Waals surface area contributed by atoms with E-state index in [1.165, 1.54) is 92.2 Å². The second-order valence-electron chi connectivity index (χ2n) is 15.7. The maximum absolute atomic E-state index is 6.40. The molecule has 2 nitrogen and oxygen atoms in total. The van der Waals surface area contributed by atoms with Gasteiger partial charge in [-0.3, -0.25) is 0 Å². The first-order valence-electron chi connectivity index (χ1n) is 19.3. The summed E-state index contributed by atoms with van der Waals surface area (Å²) in [7, 11) is 0. The molecule has 0 fully saturated rings. The van der Waals surface area contributed by atoms with Gasteiger partial charge in [-0.05, 0) is 111 Å². The lowest BCUT2D eigenvalue weighted by atomic mass is 9.80. The molecule has 56 heavy (non-hydrogen) atoms. The van der Waals surface area contributed by atoms with Crippen molar-refractivity contribution >= 4 is 64.3 Å². The summed E-state index contributed by atoms with van der Waals surface area (Å²) >= 11 is 1.90. The Labute approximate surface area is 328 Å². The number of rotatable bonds is 4. The molecule has 0 bridgehead atoms. The van der Waals surface area contributed by atoms with Crippen molar-refractivity contribution in [3.8, 4) is 50.4 Å². The van der Waals surface area contributed by atoms with E-state index in [1.807, 2.05) is 23.5 Å². The molecule has 0 spiro atoms. The maximum Gasteiger partial charge on any atom is 0.135 e. The fourth-order valence-corrected chi connectivity index (χ4v) is 10.6. The van der Waals surface area contributed by atoms with Crippen LogP contribution in [0.15, 0.2) is 180 Å². The molecule has 3 heteroatoms. The van der Waals surface area contributed by atoms with E-state index >= 15 is 0 Å². The van der Waals surface area contributed by atoms with Crippen molar-refractivity contribution < 1.29 is 4.42 Å². The van der Waals surface area contributed by atoms with Gasteiger partial charge in [0.1, 0.15) is 11.3 Å². The van der Waals surface area contributed by atoms with Crippen LogP contribution in [0.1, 0.15) is 25.0 Å². The summed E-state index contributed by atoms with van der Waals surface area (Å²) in [4.78, 5) is 0.